The van der Waals surface area contributed by atoms with Gasteiger partial charge in [0, 0.05) is 17.8 Å². The summed E-state index contributed by atoms with van der Waals surface area (Å²) in [5, 5.41) is 5.70. The van der Waals surface area contributed by atoms with Crippen LogP contribution in [0.25, 0.3) is 0 Å². The third-order valence-corrected chi connectivity index (χ3v) is 3.38. The highest BCUT2D eigenvalue weighted by atomic mass is 16.2. The van der Waals surface area contributed by atoms with Crippen molar-refractivity contribution in [1.29, 1.82) is 0 Å². The minimum atomic E-state index is -0.0460. The number of hydrogen-bond acceptors (Lipinski definition) is 3. The van der Waals surface area contributed by atoms with E-state index in [1.54, 1.807) is 13.0 Å². The van der Waals surface area contributed by atoms with E-state index < -0.39 is 0 Å². The van der Waals surface area contributed by atoms with Crippen molar-refractivity contribution >= 4 is 23.2 Å². The molecule has 0 heterocycles. The summed E-state index contributed by atoms with van der Waals surface area (Å²) in [6.45, 7) is 9.85. The van der Waals surface area contributed by atoms with Gasteiger partial charge in [0.25, 0.3) is 0 Å². The van der Waals surface area contributed by atoms with Gasteiger partial charge in [-0.3, -0.25) is 14.5 Å². The van der Waals surface area contributed by atoms with Crippen LogP contribution in [0.1, 0.15) is 32.8 Å². The normalized spacial score (nSPS) is 10.5. The summed E-state index contributed by atoms with van der Waals surface area (Å²) in [7, 11) is 0. The fraction of sp³-hybridized carbons (Fsp3) is 0.500. The molecular formula is C16H25N3O2. The van der Waals surface area contributed by atoms with E-state index in [4.69, 9.17) is 0 Å². The Hall–Kier alpha value is -1.88. The summed E-state index contributed by atoms with van der Waals surface area (Å²) in [5.74, 6) is -0.0833. The molecule has 0 saturated heterocycles. The van der Waals surface area contributed by atoms with Crippen molar-refractivity contribution in [3.63, 3.8) is 0 Å². The van der Waals surface area contributed by atoms with E-state index in [-0.39, 0.29) is 11.8 Å². The molecule has 0 aromatic heterocycles. The molecule has 2 N–H and O–H groups in total. The van der Waals surface area contributed by atoms with Crippen LogP contribution in [0.4, 0.5) is 11.4 Å². The maximum absolute atomic E-state index is 12.0. The van der Waals surface area contributed by atoms with Crippen LogP contribution < -0.4 is 10.6 Å². The van der Waals surface area contributed by atoms with Crippen molar-refractivity contribution in [3.05, 3.63) is 23.8 Å². The second-order valence-electron chi connectivity index (χ2n) is 4.94. The lowest BCUT2D eigenvalue weighted by atomic mass is 10.1. The number of nitrogens with zero attached hydrogens (tertiary/aromatic N) is 1. The molecule has 5 nitrogen and oxygen atoms in total. The molecule has 5 heteroatoms. The van der Waals surface area contributed by atoms with Gasteiger partial charge in [0.2, 0.25) is 11.8 Å². The molecule has 1 aromatic carbocycles. The van der Waals surface area contributed by atoms with Crippen molar-refractivity contribution in [2.75, 3.05) is 30.3 Å². The second kappa shape index (κ2) is 8.42. The number of nitrogens with one attached hydrogen (secondary N) is 2. The third kappa shape index (κ3) is 5.55. The fourth-order valence-electron chi connectivity index (χ4n) is 1.92. The van der Waals surface area contributed by atoms with Gasteiger partial charge >= 0.3 is 0 Å². The number of benzene rings is 1. The van der Waals surface area contributed by atoms with E-state index in [0.29, 0.717) is 18.7 Å². The molecule has 2 amide bonds. The molecule has 0 aliphatic rings. The predicted molar refractivity (Wildman–Crippen MR) is 86.5 cm³/mol. The van der Waals surface area contributed by atoms with Crippen LogP contribution in [0, 0.1) is 6.92 Å². The van der Waals surface area contributed by atoms with Crippen LogP contribution in [0.2, 0.25) is 0 Å². The molecule has 0 fully saturated rings. The minimum Gasteiger partial charge on any atom is -0.326 e. The first-order valence-corrected chi connectivity index (χ1v) is 7.42. The summed E-state index contributed by atoms with van der Waals surface area (Å²) < 4.78 is 0. The number of likely N-dealkylation sites (N-methyl/N-ethyl adjacent to an activating group) is 1. The van der Waals surface area contributed by atoms with E-state index in [1.807, 2.05) is 37.8 Å². The van der Waals surface area contributed by atoms with Crippen LogP contribution in [0.3, 0.4) is 0 Å². The van der Waals surface area contributed by atoms with E-state index >= 15 is 0 Å². The monoisotopic (exact) mass is 291 g/mol. The molecule has 116 valence electrons. The highest BCUT2D eigenvalue weighted by Crippen LogP contribution is 2.20. The highest BCUT2D eigenvalue weighted by Gasteiger charge is 2.09. The number of aryl methyl sites for hydroxylation is 1. The standard InChI is InChI=1S/C16H25N3O2/c1-5-15(20)18-14-10-13(9-8-12(14)4)17-16(21)11-19(6-2)7-3/h8-10H,5-7,11H2,1-4H3,(H,17,21)(H,18,20). The Kier molecular flexibility index (Phi) is 6.88. The van der Waals surface area contributed by atoms with Crippen molar-refractivity contribution < 1.29 is 9.59 Å². The number of amides is 2. The maximum Gasteiger partial charge on any atom is 0.238 e. The molecule has 0 radical (unpaired) electrons. The highest BCUT2D eigenvalue weighted by molar-refractivity contribution is 5.95. The first-order valence-electron chi connectivity index (χ1n) is 7.42. The fourth-order valence-corrected chi connectivity index (χ4v) is 1.92. The van der Waals surface area contributed by atoms with Crippen LogP contribution in [-0.4, -0.2) is 36.3 Å². The number of carbonyl (C=O) groups excluding carboxylic acids is 2. The lowest BCUT2D eigenvalue weighted by Crippen LogP contribution is -2.32. The van der Waals surface area contributed by atoms with Gasteiger partial charge in [-0.25, -0.2) is 0 Å². The third-order valence-electron chi connectivity index (χ3n) is 3.38. The first-order chi connectivity index (χ1) is 9.99. The molecule has 21 heavy (non-hydrogen) atoms. The molecule has 0 saturated carbocycles. The first kappa shape index (κ1) is 17.2. The lowest BCUT2D eigenvalue weighted by Gasteiger charge is -2.17. The average molecular weight is 291 g/mol. The van der Waals surface area contributed by atoms with Gasteiger partial charge in [-0.05, 0) is 37.7 Å². The number of carbonyl (C=O) groups is 2. The van der Waals surface area contributed by atoms with Gasteiger partial charge in [-0.15, -0.1) is 0 Å². The van der Waals surface area contributed by atoms with E-state index in [1.165, 1.54) is 0 Å². The SMILES string of the molecule is CCC(=O)Nc1cc(NC(=O)CN(CC)CC)ccc1C. The van der Waals surface area contributed by atoms with E-state index in [2.05, 4.69) is 10.6 Å². The van der Waals surface area contributed by atoms with Crippen LogP contribution >= 0.6 is 0 Å². The number of hydrogen-bond donors (Lipinski definition) is 2. The van der Waals surface area contributed by atoms with Crippen molar-refractivity contribution in [2.24, 2.45) is 0 Å². The van der Waals surface area contributed by atoms with Crippen molar-refractivity contribution in [3.8, 4) is 0 Å². The van der Waals surface area contributed by atoms with Gasteiger partial charge in [0.1, 0.15) is 0 Å². The zero-order valence-electron chi connectivity index (χ0n) is 13.3. The predicted octanol–water partition coefficient (Wildman–Crippen LogP) is 2.62. The topological polar surface area (TPSA) is 61.4 Å². The van der Waals surface area contributed by atoms with Gasteiger partial charge < -0.3 is 10.6 Å². The zero-order valence-corrected chi connectivity index (χ0v) is 13.3. The number of anilines is 2. The summed E-state index contributed by atoms with van der Waals surface area (Å²) in [4.78, 5) is 25.5. The lowest BCUT2D eigenvalue weighted by molar-refractivity contribution is -0.117. The maximum atomic E-state index is 12.0. The van der Waals surface area contributed by atoms with Crippen LogP contribution in [-0.2, 0) is 9.59 Å². The molecule has 0 bridgehead atoms. The minimum absolute atomic E-state index is 0.0373. The molecule has 0 spiro atoms. The van der Waals surface area contributed by atoms with Crippen molar-refractivity contribution in [2.45, 2.75) is 34.1 Å². The van der Waals surface area contributed by atoms with Gasteiger partial charge in [-0.1, -0.05) is 26.8 Å². The smallest absolute Gasteiger partial charge is 0.238 e. The van der Waals surface area contributed by atoms with Gasteiger partial charge in [0.15, 0.2) is 0 Å². The Bertz CT molecular complexity index is 496. The van der Waals surface area contributed by atoms with Gasteiger partial charge in [-0.2, -0.15) is 0 Å². The molecule has 0 aliphatic heterocycles. The Balaban J connectivity index is 2.73. The Labute approximate surface area is 126 Å². The molecule has 0 unspecified atom stereocenters. The molecule has 0 atom stereocenters. The Morgan fingerprint density at radius 1 is 1.05 bits per heavy atom. The number of rotatable bonds is 7. The summed E-state index contributed by atoms with van der Waals surface area (Å²) in [6.07, 6.45) is 0.429. The quantitative estimate of drug-likeness (QED) is 0.812. The summed E-state index contributed by atoms with van der Waals surface area (Å²) >= 11 is 0. The molecule has 1 rings (SSSR count). The zero-order chi connectivity index (χ0) is 15.8. The van der Waals surface area contributed by atoms with Crippen molar-refractivity contribution in [1.82, 2.24) is 4.90 Å². The molecule has 1 aromatic rings. The molecular weight excluding hydrogens is 266 g/mol. The second-order valence-corrected chi connectivity index (χ2v) is 4.94. The Morgan fingerprint density at radius 2 is 1.71 bits per heavy atom. The van der Waals surface area contributed by atoms with Gasteiger partial charge in [0.05, 0.1) is 6.54 Å². The average Bonchev–Trinajstić information content (AvgIpc) is 2.48. The Morgan fingerprint density at radius 3 is 2.29 bits per heavy atom. The van der Waals surface area contributed by atoms with Crippen LogP contribution in [0.15, 0.2) is 18.2 Å². The molecule has 0 aliphatic carbocycles. The van der Waals surface area contributed by atoms with E-state index in [0.717, 1.165) is 24.3 Å². The summed E-state index contributed by atoms with van der Waals surface area (Å²) in [5.41, 5.74) is 2.41. The van der Waals surface area contributed by atoms with Crippen LogP contribution in [0.5, 0.6) is 0 Å². The summed E-state index contributed by atoms with van der Waals surface area (Å²) in [6, 6.07) is 5.53. The van der Waals surface area contributed by atoms with E-state index in [9.17, 15) is 9.59 Å². The largest absolute Gasteiger partial charge is 0.326 e.